The summed E-state index contributed by atoms with van der Waals surface area (Å²) in [5, 5.41) is 14.4. The molecule has 2 fully saturated rings. The molecule has 0 spiro atoms. The lowest BCUT2D eigenvalue weighted by molar-refractivity contribution is -0.139. The topological polar surface area (TPSA) is 78.4 Å². The third-order valence-corrected chi connectivity index (χ3v) is 4.13. The van der Waals surface area contributed by atoms with E-state index in [0.29, 0.717) is 18.9 Å². The van der Waals surface area contributed by atoms with Crippen LogP contribution in [0.2, 0.25) is 0 Å². The van der Waals surface area contributed by atoms with Crippen LogP contribution in [-0.2, 0) is 4.79 Å². The zero-order chi connectivity index (χ0) is 13.8. The summed E-state index contributed by atoms with van der Waals surface area (Å²) < 4.78 is 0. The molecule has 2 aliphatic rings. The summed E-state index contributed by atoms with van der Waals surface area (Å²) in [6.45, 7) is 2.60. The van der Waals surface area contributed by atoms with E-state index in [1.165, 1.54) is 25.7 Å². The number of urea groups is 1. The fourth-order valence-corrected chi connectivity index (χ4v) is 2.73. The highest BCUT2D eigenvalue weighted by Crippen LogP contribution is 2.48. The normalized spacial score (nSPS) is 20.1. The number of amides is 2. The van der Waals surface area contributed by atoms with Crippen LogP contribution in [0.1, 0.15) is 45.4 Å². The van der Waals surface area contributed by atoms with Crippen LogP contribution in [0.4, 0.5) is 4.79 Å². The van der Waals surface area contributed by atoms with E-state index in [1.54, 1.807) is 0 Å². The molecule has 2 rings (SSSR count). The van der Waals surface area contributed by atoms with E-state index in [-0.39, 0.29) is 6.03 Å². The first-order chi connectivity index (χ1) is 9.11. The first kappa shape index (κ1) is 14.2. The fourth-order valence-electron chi connectivity index (χ4n) is 2.73. The second-order valence-electron chi connectivity index (χ2n) is 5.87. The van der Waals surface area contributed by atoms with Crippen molar-refractivity contribution in [2.75, 3.05) is 6.54 Å². The molecule has 5 nitrogen and oxygen atoms in total. The fraction of sp³-hybridized carbons (Fsp3) is 0.857. The third kappa shape index (κ3) is 4.40. The molecule has 0 heterocycles. The molecule has 108 valence electrons. The molecular formula is C14H24N2O3. The lowest BCUT2D eigenvalue weighted by Crippen LogP contribution is -2.47. The number of nitrogens with one attached hydrogen (secondary N) is 2. The van der Waals surface area contributed by atoms with E-state index in [9.17, 15) is 9.59 Å². The van der Waals surface area contributed by atoms with Gasteiger partial charge in [-0.1, -0.05) is 13.3 Å². The summed E-state index contributed by atoms with van der Waals surface area (Å²) in [4.78, 5) is 22.7. The Bertz CT molecular complexity index is 326. The molecule has 0 aliphatic heterocycles. The Kier molecular flexibility index (Phi) is 4.66. The highest BCUT2D eigenvalue weighted by molar-refractivity contribution is 5.82. The minimum Gasteiger partial charge on any atom is -0.480 e. The smallest absolute Gasteiger partial charge is 0.326 e. The zero-order valence-corrected chi connectivity index (χ0v) is 11.5. The molecule has 3 N–H and O–H groups in total. The van der Waals surface area contributed by atoms with Crippen molar-refractivity contribution >= 4 is 12.0 Å². The van der Waals surface area contributed by atoms with Crippen LogP contribution in [0.25, 0.3) is 0 Å². The number of hydrogen-bond acceptors (Lipinski definition) is 2. The van der Waals surface area contributed by atoms with Crippen LogP contribution in [0.15, 0.2) is 0 Å². The molecule has 0 unspecified atom stereocenters. The first-order valence-corrected chi connectivity index (χ1v) is 7.39. The van der Waals surface area contributed by atoms with Gasteiger partial charge in [0.1, 0.15) is 6.04 Å². The average Bonchev–Trinajstić information content (AvgIpc) is 3.22. The van der Waals surface area contributed by atoms with Gasteiger partial charge >= 0.3 is 12.0 Å². The minimum absolute atomic E-state index is 0.341. The Labute approximate surface area is 114 Å². The van der Waals surface area contributed by atoms with Crippen LogP contribution in [0.3, 0.4) is 0 Å². The predicted molar refractivity (Wildman–Crippen MR) is 71.8 cm³/mol. The van der Waals surface area contributed by atoms with Gasteiger partial charge in [0.25, 0.3) is 0 Å². The predicted octanol–water partition coefficient (Wildman–Crippen LogP) is 1.98. The van der Waals surface area contributed by atoms with E-state index < -0.39 is 12.0 Å². The Hall–Kier alpha value is -1.26. The molecule has 2 aliphatic carbocycles. The third-order valence-electron chi connectivity index (χ3n) is 4.13. The number of rotatable bonds is 8. The molecule has 0 saturated heterocycles. The van der Waals surface area contributed by atoms with Crippen LogP contribution in [0.5, 0.6) is 0 Å². The van der Waals surface area contributed by atoms with Crippen molar-refractivity contribution in [1.82, 2.24) is 10.6 Å². The van der Waals surface area contributed by atoms with Gasteiger partial charge in [0, 0.05) is 6.54 Å². The van der Waals surface area contributed by atoms with Gasteiger partial charge in [-0.15, -0.1) is 0 Å². The first-order valence-electron chi connectivity index (χ1n) is 7.39. The van der Waals surface area contributed by atoms with Crippen LogP contribution >= 0.6 is 0 Å². The molecular weight excluding hydrogens is 244 g/mol. The Morgan fingerprint density at radius 1 is 1.21 bits per heavy atom. The van der Waals surface area contributed by atoms with Gasteiger partial charge in [0.2, 0.25) is 0 Å². The van der Waals surface area contributed by atoms with Crippen molar-refractivity contribution in [3.05, 3.63) is 0 Å². The molecule has 2 saturated carbocycles. The SMILES string of the molecule is CCC[C@H](NC(=O)NCC(C1CC1)C1CC1)C(=O)O. The number of carboxylic acid groups (broad SMARTS) is 1. The van der Waals surface area contributed by atoms with Crippen molar-refractivity contribution in [3.8, 4) is 0 Å². The molecule has 5 heteroatoms. The maximum atomic E-state index is 11.7. The molecule has 19 heavy (non-hydrogen) atoms. The molecule has 0 aromatic heterocycles. The maximum absolute atomic E-state index is 11.7. The number of carboxylic acids is 1. The monoisotopic (exact) mass is 268 g/mol. The summed E-state index contributed by atoms with van der Waals surface area (Å²) in [6, 6.07) is -1.11. The Morgan fingerprint density at radius 2 is 1.79 bits per heavy atom. The van der Waals surface area contributed by atoms with Gasteiger partial charge in [-0.3, -0.25) is 0 Å². The van der Waals surface area contributed by atoms with Crippen molar-refractivity contribution in [3.63, 3.8) is 0 Å². The Balaban J connectivity index is 1.71. The molecule has 0 bridgehead atoms. The molecule has 1 atom stereocenters. The van der Waals surface area contributed by atoms with Crippen molar-refractivity contribution in [2.24, 2.45) is 17.8 Å². The molecule has 0 radical (unpaired) electrons. The number of carbonyl (C=O) groups excluding carboxylic acids is 1. The minimum atomic E-state index is -0.960. The second-order valence-corrected chi connectivity index (χ2v) is 5.87. The van der Waals surface area contributed by atoms with Gasteiger partial charge in [0.15, 0.2) is 0 Å². The lowest BCUT2D eigenvalue weighted by Gasteiger charge is -2.18. The molecule has 2 amide bonds. The quantitative estimate of drug-likeness (QED) is 0.630. The van der Waals surface area contributed by atoms with E-state index in [1.807, 2.05) is 6.92 Å². The summed E-state index contributed by atoms with van der Waals surface area (Å²) in [5.41, 5.74) is 0. The zero-order valence-electron chi connectivity index (χ0n) is 11.5. The van der Waals surface area contributed by atoms with Crippen LogP contribution in [0, 0.1) is 17.8 Å². The van der Waals surface area contributed by atoms with Crippen LogP contribution in [-0.4, -0.2) is 29.7 Å². The largest absolute Gasteiger partial charge is 0.480 e. The van der Waals surface area contributed by atoms with Crippen molar-refractivity contribution < 1.29 is 14.7 Å². The van der Waals surface area contributed by atoms with Gasteiger partial charge in [-0.25, -0.2) is 9.59 Å². The van der Waals surface area contributed by atoms with Crippen molar-refractivity contribution in [2.45, 2.75) is 51.5 Å². The number of aliphatic carboxylic acids is 1. The van der Waals surface area contributed by atoms with E-state index >= 15 is 0 Å². The average molecular weight is 268 g/mol. The number of hydrogen-bond donors (Lipinski definition) is 3. The number of carbonyl (C=O) groups is 2. The van der Waals surface area contributed by atoms with E-state index in [4.69, 9.17) is 5.11 Å². The summed E-state index contributed by atoms with van der Waals surface area (Å²) in [7, 11) is 0. The molecule has 0 aromatic carbocycles. The summed E-state index contributed by atoms with van der Waals surface area (Å²) in [6.07, 6.45) is 6.37. The van der Waals surface area contributed by atoms with E-state index in [2.05, 4.69) is 10.6 Å². The van der Waals surface area contributed by atoms with Gasteiger partial charge in [0.05, 0.1) is 0 Å². The second kappa shape index (κ2) is 6.26. The Morgan fingerprint density at radius 3 is 2.21 bits per heavy atom. The highest BCUT2D eigenvalue weighted by atomic mass is 16.4. The van der Waals surface area contributed by atoms with Crippen LogP contribution < -0.4 is 10.6 Å². The lowest BCUT2D eigenvalue weighted by atomic mass is 9.98. The summed E-state index contributed by atoms with van der Waals surface area (Å²) >= 11 is 0. The van der Waals surface area contributed by atoms with E-state index in [0.717, 1.165) is 18.3 Å². The van der Waals surface area contributed by atoms with Gasteiger partial charge in [-0.05, 0) is 49.9 Å². The maximum Gasteiger partial charge on any atom is 0.326 e. The highest BCUT2D eigenvalue weighted by Gasteiger charge is 2.41. The van der Waals surface area contributed by atoms with Crippen molar-refractivity contribution in [1.29, 1.82) is 0 Å². The standard InChI is InChI=1S/C14H24N2O3/c1-2-3-12(13(17)18)16-14(19)15-8-11(9-4-5-9)10-6-7-10/h9-12H,2-8H2,1H3,(H,17,18)(H2,15,16,19)/t12-/m0/s1. The van der Waals surface area contributed by atoms with Gasteiger partial charge < -0.3 is 15.7 Å². The summed E-state index contributed by atoms with van der Waals surface area (Å²) in [5.74, 6) is 1.23. The van der Waals surface area contributed by atoms with Gasteiger partial charge in [-0.2, -0.15) is 0 Å². The molecule has 0 aromatic rings.